The minimum atomic E-state index is -3.82. The van der Waals surface area contributed by atoms with Gasteiger partial charge in [-0.05, 0) is 17.5 Å². The van der Waals surface area contributed by atoms with Crippen molar-refractivity contribution in [2.24, 2.45) is 12.2 Å². The highest BCUT2D eigenvalue weighted by Gasteiger charge is 2.32. The van der Waals surface area contributed by atoms with E-state index in [0.29, 0.717) is 5.82 Å². The van der Waals surface area contributed by atoms with Gasteiger partial charge in [0.15, 0.2) is 0 Å². The summed E-state index contributed by atoms with van der Waals surface area (Å²) in [4.78, 5) is 0. The van der Waals surface area contributed by atoms with Crippen molar-refractivity contribution in [2.75, 3.05) is 0 Å². The van der Waals surface area contributed by atoms with Crippen LogP contribution in [0, 0.1) is 0 Å². The van der Waals surface area contributed by atoms with Crippen LogP contribution in [0.5, 0.6) is 0 Å². The number of nitrogens with zero attached hydrogens (tertiary/aromatic N) is 3. The molecule has 2 aromatic rings. The third-order valence-electron chi connectivity index (χ3n) is 3.29. The zero-order valence-electron chi connectivity index (χ0n) is 9.74. The van der Waals surface area contributed by atoms with Gasteiger partial charge in [-0.15, -0.1) is 10.2 Å². The van der Waals surface area contributed by atoms with Crippen molar-refractivity contribution in [1.82, 2.24) is 14.8 Å². The second kappa shape index (κ2) is 3.63. The van der Waals surface area contributed by atoms with E-state index in [1.165, 1.54) is 15.7 Å². The average Bonchev–Trinajstić information content (AvgIpc) is 2.62. The van der Waals surface area contributed by atoms with Crippen molar-refractivity contribution in [2.45, 2.75) is 17.5 Å². The summed E-state index contributed by atoms with van der Waals surface area (Å²) < 4.78 is 24.0. The number of aromatic nitrogens is 3. The zero-order chi connectivity index (χ0) is 12.9. The Morgan fingerprint density at radius 2 is 2.06 bits per heavy atom. The van der Waals surface area contributed by atoms with E-state index < -0.39 is 10.0 Å². The number of benzene rings is 1. The monoisotopic (exact) mass is 264 g/mol. The van der Waals surface area contributed by atoms with Crippen LogP contribution < -0.4 is 5.14 Å². The van der Waals surface area contributed by atoms with Gasteiger partial charge in [-0.1, -0.05) is 24.3 Å². The van der Waals surface area contributed by atoms with Gasteiger partial charge in [0.1, 0.15) is 5.82 Å². The molecule has 1 unspecified atom stereocenters. The number of primary sulfonamides is 1. The van der Waals surface area contributed by atoms with Crippen LogP contribution in [0.3, 0.4) is 0 Å². The molecule has 0 aliphatic heterocycles. The van der Waals surface area contributed by atoms with E-state index >= 15 is 0 Å². The van der Waals surface area contributed by atoms with Gasteiger partial charge in [0, 0.05) is 13.0 Å². The lowest BCUT2D eigenvalue weighted by Crippen LogP contribution is -2.23. The van der Waals surface area contributed by atoms with Crippen LogP contribution in [0.15, 0.2) is 29.4 Å². The lowest BCUT2D eigenvalue weighted by molar-refractivity contribution is 0.570. The number of hydrogen-bond acceptors (Lipinski definition) is 4. The number of nitrogens with two attached hydrogens (primary N) is 1. The van der Waals surface area contributed by atoms with Crippen LogP contribution in [-0.4, -0.2) is 23.2 Å². The highest BCUT2D eigenvalue weighted by atomic mass is 32.2. The van der Waals surface area contributed by atoms with Gasteiger partial charge in [-0.2, -0.15) is 0 Å². The molecule has 0 amide bonds. The predicted molar refractivity (Wildman–Crippen MR) is 64.4 cm³/mol. The Morgan fingerprint density at radius 3 is 2.67 bits per heavy atom. The van der Waals surface area contributed by atoms with Gasteiger partial charge in [0.2, 0.25) is 0 Å². The molecule has 3 rings (SSSR count). The first kappa shape index (κ1) is 11.4. The first-order valence-corrected chi connectivity index (χ1v) is 7.03. The predicted octanol–water partition coefficient (Wildman–Crippen LogP) is 0.151. The van der Waals surface area contributed by atoms with Crippen molar-refractivity contribution in [1.29, 1.82) is 0 Å². The zero-order valence-corrected chi connectivity index (χ0v) is 10.6. The Hall–Kier alpha value is -1.73. The SMILES string of the molecule is Cn1c(C2Cc3ccccc32)nnc1S(N)(=O)=O. The standard InChI is InChI=1S/C11H12N4O2S/c1-15-10(13-14-11(15)18(12,16)17)9-6-7-4-2-3-5-8(7)9/h2-5,9H,6H2,1H3,(H2,12,16,17). The van der Waals surface area contributed by atoms with Crippen molar-refractivity contribution < 1.29 is 8.42 Å². The fraction of sp³-hybridized carbons (Fsp3) is 0.273. The van der Waals surface area contributed by atoms with E-state index in [-0.39, 0.29) is 11.1 Å². The van der Waals surface area contributed by atoms with Crippen molar-refractivity contribution in [3.8, 4) is 0 Å². The molecule has 0 radical (unpaired) electrons. The first-order chi connectivity index (χ1) is 8.48. The number of fused-ring (bicyclic) bond motifs is 1. The average molecular weight is 264 g/mol. The molecule has 6 nitrogen and oxygen atoms in total. The molecule has 18 heavy (non-hydrogen) atoms. The first-order valence-electron chi connectivity index (χ1n) is 5.48. The molecule has 0 saturated carbocycles. The summed E-state index contributed by atoms with van der Waals surface area (Å²) >= 11 is 0. The summed E-state index contributed by atoms with van der Waals surface area (Å²) in [6.45, 7) is 0. The molecule has 1 aromatic heterocycles. The molecule has 0 fully saturated rings. The van der Waals surface area contributed by atoms with Crippen molar-refractivity contribution in [3.63, 3.8) is 0 Å². The Morgan fingerprint density at radius 1 is 1.33 bits per heavy atom. The smallest absolute Gasteiger partial charge is 0.273 e. The molecule has 0 spiro atoms. The van der Waals surface area contributed by atoms with Gasteiger partial charge in [0.25, 0.3) is 15.2 Å². The van der Waals surface area contributed by atoms with Gasteiger partial charge < -0.3 is 4.57 Å². The molecule has 2 N–H and O–H groups in total. The van der Waals surface area contributed by atoms with Crippen LogP contribution in [-0.2, 0) is 23.5 Å². The molecular weight excluding hydrogens is 252 g/mol. The second-order valence-electron chi connectivity index (χ2n) is 4.40. The fourth-order valence-electron chi connectivity index (χ4n) is 2.37. The van der Waals surface area contributed by atoms with Gasteiger partial charge in [-0.25, -0.2) is 13.6 Å². The van der Waals surface area contributed by atoms with Gasteiger partial charge >= 0.3 is 0 Å². The van der Waals surface area contributed by atoms with Crippen LogP contribution in [0.1, 0.15) is 22.9 Å². The fourth-order valence-corrected chi connectivity index (χ4v) is 3.00. The molecule has 7 heteroatoms. The minimum Gasteiger partial charge on any atom is -0.303 e. The number of sulfonamides is 1. The van der Waals surface area contributed by atoms with Gasteiger partial charge in [0.05, 0.1) is 0 Å². The molecule has 0 bridgehead atoms. The number of rotatable bonds is 2. The Kier molecular flexibility index (Phi) is 2.29. The van der Waals surface area contributed by atoms with Gasteiger partial charge in [-0.3, -0.25) is 0 Å². The molecule has 1 heterocycles. The highest BCUT2D eigenvalue weighted by Crippen LogP contribution is 2.39. The maximum atomic E-state index is 11.3. The third kappa shape index (κ3) is 1.55. The molecule has 94 valence electrons. The summed E-state index contributed by atoms with van der Waals surface area (Å²) in [5.41, 5.74) is 2.44. The molecule has 1 aliphatic carbocycles. The normalized spacial score (nSPS) is 18.2. The largest absolute Gasteiger partial charge is 0.303 e. The maximum absolute atomic E-state index is 11.3. The van der Waals surface area contributed by atoms with E-state index in [2.05, 4.69) is 16.3 Å². The molecular formula is C11H12N4O2S. The lowest BCUT2D eigenvalue weighted by Gasteiger charge is -2.28. The highest BCUT2D eigenvalue weighted by molar-refractivity contribution is 7.89. The summed E-state index contributed by atoms with van der Waals surface area (Å²) in [6, 6.07) is 8.03. The summed E-state index contributed by atoms with van der Waals surface area (Å²) in [5, 5.41) is 12.5. The quantitative estimate of drug-likeness (QED) is 0.836. The van der Waals surface area contributed by atoms with E-state index in [1.54, 1.807) is 7.05 Å². The summed E-state index contributed by atoms with van der Waals surface area (Å²) in [7, 11) is -2.20. The molecule has 0 saturated heterocycles. The molecule has 1 atom stereocenters. The van der Waals surface area contributed by atoms with E-state index in [1.807, 2.05) is 18.2 Å². The van der Waals surface area contributed by atoms with Crippen LogP contribution in [0.2, 0.25) is 0 Å². The topological polar surface area (TPSA) is 90.9 Å². The maximum Gasteiger partial charge on any atom is 0.273 e. The number of hydrogen-bond donors (Lipinski definition) is 1. The molecule has 1 aromatic carbocycles. The minimum absolute atomic E-state index is 0.106. The van der Waals surface area contributed by atoms with Crippen LogP contribution >= 0.6 is 0 Å². The Labute approximate surface area is 105 Å². The Balaban J connectivity index is 2.05. The third-order valence-corrected chi connectivity index (χ3v) is 4.15. The summed E-state index contributed by atoms with van der Waals surface area (Å²) in [6.07, 6.45) is 0.854. The van der Waals surface area contributed by atoms with E-state index in [4.69, 9.17) is 5.14 Å². The Bertz CT molecular complexity index is 720. The van der Waals surface area contributed by atoms with E-state index in [0.717, 1.165) is 6.42 Å². The van der Waals surface area contributed by atoms with Crippen molar-refractivity contribution >= 4 is 10.0 Å². The lowest BCUT2D eigenvalue weighted by atomic mass is 9.77. The van der Waals surface area contributed by atoms with E-state index in [9.17, 15) is 8.42 Å². The van der Waals surface area contributed by atoms with Crippen LogP contribution in [0.4, 0.5) is 0 Å². The second-order valence-corrected chi connectivity index (χ2v) is 5.86. The van der Waals surface area contributed by atoms with Crippen molar-refractivity contribution in [3.05, 3.63) is 41.2 Å². The summed E-state index contributed by atoms with van der Waals surface area (Å²) in [5.74, 6) is 0.743. The molecule has 1 aliphatic rings. The van der Waals surface area contributed by atoms with Crippen LogP contribution in [0.25, 0.3) is 0 Å².